The smallest absolute Gasteiger partial charge is 0.224 e. The first-order valence-corrected chi connectivity index (χ1v) is 6.91. The van der Waals surface area contributed by atoms with Crippen molar-refractivity contribution in [3.05, 3.63) is 59.7 Å². The lowest BCUT2D eigenvalue weighted by Crippen LogP contribution is -2.09. The first-order valence-electron chi connectivity index (χ1n) is 6.91. The van der Waals surface area contributed by atoms with E-state index in [1.54, 1.807) is 0 Å². The average molecular weight is 267 g/mol. The quantitative estimate of drug-likeness (QED) is 0.923. The van der Waals surface area contributed by atoms with E-state index in [1.165, 1.54) is 5.56 Å². The predicted molar refractivity (Wildman–Crippen MR) is 78.8 cm³/mol. The van der Waals surface area contributed by atoms with Crippen LogP contribution in [-0.2, 0) is 17.8 Å². The summed E-state index contributed by atoms with van der Waals surface area (Å²) >= 11 is 0. The summed E-state index contributed by atoms with van der Waals surface area (Å²) < 4.78 is 5.78. The third kappa shape index (κ3) is 2.99. The molecule has 102 valence electrons. The fourth-order valence-electron chi connectivity index (χ4n) is 2.37. The SMILES string of the molecule is O=C1CCCc2ccc(OCc3ccccc3)cc2N1. The van der Waals surface area contributed by atoms with Crippen LogP contribution in [0.5, 0.6) is 5.75 Å². The molecule has 0 aliphatic carbocycles. The third-order valence-corrected chi connectivity index (χ3v) is 3.45. The molecule has 0 saturated heterocycles. The highest BCUT2D eigenvalue weighted by molar-refractivity contribution is 5.92. The number of ether oxygens (including phenoxy) is 1. The van der Waals surface area contributed by atoms with Crippen LogP contribution >= 0.6 is 0 Å². The topological polar surface area (TPSA) is 38.3 Å². The molecule has 2 aromatic carbocycles. The fourth-order valence-corrected chi connectivity index (χ4v) is 2.37. The average Bonchev–Trinajstić information content (AvgIpc) is 2.66. The monoisotopic (exact) mass is 267 g/mol. The summed E-state index contributed by atoms with van der Waals surface area (Å²) in [4.78, 5) is 11.6. The number of benzene rings is 2. The van der Waals surface area contributed by atoms with E-state index >= 15 is 0 Å². The Labute approximate surface area is 118 Å². The molecule has 0 radical (unpaired) electrons. The first-order chi connectivity index (χ1) is 9.81. The van der Waals surface area contributed by atoms with Crippen molar-refractivity contribution in [3.63, 3.8) is 0 Å². The van der Waals surface area contributed by atoms with E-state index in [0.717, 1.165) is 29.8 Å². The van der Waals surface area contributed by atoms with E-state index < -0.39 is 0 Å². The van der Waals surface area contributed by atoms with Crippen molar-refractivity contribution < 1.29 is 9.53 Å². The number of amides is 1. The van der Waals surface area contributed by atoms with Crippen LogP contribution in [0.25, 0.3) is 0 Å². The van der Waals surface area contributed by atoms with Crippen molar-refractivity contribution in [2.24, 2.45) is 0 Å². The summed E-state index contributed by atoms with van der Waals surface area (Å²) in [6.45, 7) is 0.535. The van der Waals surface area contributed by atoms with Gasteiger partial charge in [0.15, 0.2) is 0 Å². The summed E-state index contributed by atoms with van der Waals surface area (Å²) in [5, 5.41) is 2.94. The third-order valence-electron chi connectivity index (χ3n) is 3.45. The van der Waals surface area contributed by atoms with Crippen LogP contribution in [0.3, 0.4) is 0 Å². The molecule has 0 spiro atoms. The highest BCUT2D eigenvalue weighted by Gasteiger charge is 2.13. The van der Waals surface area contributed by atoms with Crippen LogP contribution in [0.2, 0.25) is 0 Å². The summed E-state index contributed by atoms with van der Waals surface area (Å²) in [5.41, 5.74) is 3.20. The Hall–Kier alpha value is -2.29. The van der Waals surface area contributed by atoms with Crippen LogP contribution in [-0.4, -0.2) is 5.91 Å². The zero-order valence-electron chi connectivity index (χ0n) is 11.3. The molecule has 0 unspecified atom stereocenters. The molecule has 1 N–H and O–H groups in total. The molecule has 0 bridgehead atoms. The van der Waals surface area contributed by atoms with E-state index in [0.29, 0.717) is 13.0 Å². The molecule has 1 aliphatic heterocycles. The van der Waals surface area contributed by atoms with Gasteiger partial charge >= 0.3 is 0 Å². The van der Waals surface area contributed by atoms with Gasteiger partial charge in [0.05, 0.1) is 0 Å². The molecule has 0 fully saturated rings. The number of nitrogens with one attached hydrogen (secondary N) is 1. The zero-order valence-corrected chi connectivity index (χ0v) is 11.3. The fraction of sp³-hybridized carbons (Fsp3) is 0.235. The molecule has 0 aromatic heterocycles. The summed E-state index contributed by atoms with van der Waals surface area (Å²) in [6, 6.07) is 16.0. The lowest BCUT2D eigenvalue weighted by Gasteiger charge is -2.11. The Morgan fingerprint density at radius 3 is 2.75 bits per heavy atom. The normalized spacial score (nSPS) is 14.1. The van der Waals surface area contributed by atoms with Gasteiger partial charge in [0.2, 0.25) is 5.91 Å². The number of hydrogen-bond acceptors (Lipinski definition) is 2. The minimum absolute atomic E-state index is 0.0870. The molecular weight excluding hydrogens is 250 g/mol. The lowest BCUT2D eigenvalue weighted by molar-refractivity contribution is -0.116. The molecule has 20 heavy (non-hydrogen) atoms. The first kappa shape index (κ1) is 12.7. The molecule has 1 amide bonds. The van der Waals surface area contributed by atoms with Crippen LogP contribution in [0.4, 0.5) is 5.69 Å². The number of aryl methyl sites for hydroxylation is 1. The van der Waals surface area contributed by atoms with E-state index in [1.807, 2.05) is 48.5 Å². The van der Waals surface area contributed by atoms with Crippen LogP contribution in [0, 0.1) is 0 Å². The number of rotatable bonds is 3. The maximum Gasteiger partial charge on any atom is 0.224 e. The van der Waals surface area contributed by atoms with Gasteiger partial charge in [-0.3, -0.25) is 4.79 Å². The standard InChI is InChI=1S/C17H17NO2/c19-17-8-4-7-14-9-10-15(11-16(14)18-17)20-12-13-5-2-1-3-6-13/h1-3,5-6,9-11H,4,7-8,12H2,(H,18,19). The van der Waals surface area contributed by atoms with Crippen molar-refractivity contribution in [2.45, 2.75) is 25.9 Å². The van der Waals surface area contributed by atoms with Gasteiger partial charge in [-0.05, 0) is 30.0 Å². The van der Waals surface area contributed by atoms with Gasteiger partial charge in [0.1, 0.15) is 12.4 Å². The van der Waals surface area contributed by atoms with Crippen LogP contribution in [0.1, 0.15) is 24.0 Å². The minimum Gasteiger partial charge on any atom is -0.489 e. The Bertz CT molecular complexity index is 608. The summed E-state index contributed by atoms with van der Waals surface area (Å²) in [5.74, 6) is 0.874. The molecule has 0 saturated carbocycles. The molecule has 3 rings (SSSR count). The Balaban J connectivity index is 1.73. The lowest BCUT2D eigenvalue weighted by atomic mass is 10.1. The maximum absolute atomic E-state index is 11.6. The summed E-state index contributed by atoms with van der Waals surface area (Å²) in [6.07, 6.45) is 2.44. The van der Waals surface area contributed by atoms with Crippen LogP contribution < -0.4 is 10.1 Å². The second kappa shape index (κ2) is 5.78. The van der Waals surface area contributed by atoms with Crippen molar-refractivity contribution in [1.29, 1.82) is 0 Å². The Morgan fingerprint density at radius 2 is 1.90 bits per heavy atom. The molecular formula is C17H17NO2. The van der Waals surface area contributed by atoms with Gasteiger partial charge in [-0.15, -0.1) is 0 Å². The van der Waals surface area contributed by atoms with E-state index in [-0.39, 0.29) is 5.91 Å². The summed E-state index contributed by atoms with van der Waals surface area (Å²) in [7, 11) is 0. The number of carbonyl (C=O) groups is 1. The van der Waals surface area contributed by atoms with Crippen molar-refractivity contribution in [2.75, 3.05) is 5.32 Å². The highest BCUT2D eigenvalue weighted by atomic mass is 16.5. The molecule has 0 atom stereocenters. The predicted octanol–water partition coefficient (Wildman–Crippen LogP) is 3.54. The van der Waals surface area contributed by atoms with Gasteiger partial charge in [-0.1, -0.05) is 36.4 Å². The second-order valence-electron chi connectivity index (χ2n) is 4.99. The zero-order chi connectivity index (χ0) is 13.8. The van der Waals surface area contributed by atoms with Gasteiger partial charge in [0.25, 0.3) is 0 Å². The van der Waals surface area contributed by atoms with Gasteiger partial charge in [0, 0.05) is 18.2 Å². The van der Waals surface area contributed by atoms with Crippen LogP contribution in [0.15, 0.2) is 48.5 Å². The number of carbonyl (C=O) groups excluding carboxylic acids is 1. The largest absolute Gasteiger partial charge is 0.489 e. The molecule has 1 aliphatic rings. The highest BCUT2D eigenvalue weighted by Crippen LogP contribution is 2.27. The Morgan fingerprint density at radius 1 is 1.05 bits per heavy atom. The molecule has 3 nitrogen and oxygen atoms in total. The number of fused-ring (bicyclic) bond motifs is 1. The van der Waals surface area contributed by atoms with Gasteiger partial charge in [-0.2, -0.15) is 0 Å². The Kier molecular flexibility index (Phi) is 3.68. The number of hydrogen-bond donors (Lipinski definition) is 1. The van der Waals surface area contributed by atoms with Crippen molar-refractivity contribution in [3.8, 4) is 5.75 Å². The minimum atomic E-state index is 0.0870. The van der Waals surface area contributed by atoms with E-state index in [2.05, 4.69) is 5.32 Å². The second-order valence-corrected chi connectivity index (χ2v) is 4.99. The molecule has 3 heteroatoms. The molecule has 2 aromatic rings. The van der Waals surface area contributed by atoms with Crippen molar-refractivity contribution >= 4 is 11.6 Å². The van der Waals surface area contributed by atoms with Gasteiger partial charge < -0.3 is 10.1 Å². The van der Waals surface area contributed by atoms with E-state index in [4.69, 9.17) is 4.74 Å². The van der Waals surface area contributed by atoms with Gasteiger partial charge in [-0.25, -0.2) is 0 Å². The van der Waals surface area contributed by atoms with E-state index in [9.17, 15) is 4.79 Å². The van der Waals surface area contributed by atoms with Crippen molar-refractivity contribution in [1.82, 2.24) is 0 Å². The maximum atomic E-state index is 11.6. The number of anilines is 1. The molecule has 1 heterocycles.